The molecule has 1 aromatic heterocycles. The van der Waals surface area contributed by atoms with Crippen molar-refractivity contribution < 1.29 is 18.7 Å². The minimum Gasteiger partial charge on any atom is -0.451 e. The maximum atomic E-state index is 13.1. The molecule has 0 fully saturated rings. The topological polar surface area (TPSA) is 73.2 Å². The van der Waals surface area contributed by atoms with Crippen LogP contribution in [0, 0.1) is 5.82 Å². The highest BCUT2D eigenvalue weighted by Crippen LogP contribution is 2.22. The molecule has 0 saturated heterocycles. The normalized spacial score (nSPS) is 10.2. The third kappa shape index (κ3) is 4.23. The smallest absolute Gasteiger partial charge is 0.357 e. The van der Waals surface area contributed by atoms with Crippen molar-refractivity contribution >= 4 is 23.6 Å². The molecule has 1 aromatic carbocycles. The van der Waals surface area contributed by atoms with E-state index < -0.39 is 18.5 Å². The molecule has 2 aromatic rings. The summed E-state index contributed by atoms with van der Waals surface area (Å²) in [7, 11) is 0. The fourth-order valence-electron chi connectivity index (χ4n) is 1.90. The van der Waals surface area contributed by atoms with Crippen LogP contribution in [0.15, 0.2) is 48.3 Å². The van der Waals surface area contributed by atoms with E-state index >= 15 is 0 Å². The molecule has 126 valence electrons. The number of carbonyl (C=O) groups is 2. The number of thioether (sulfide) groups is 1. The number of nitrogens with zero attached hydrogens (tertiary/aromatic N) is 2. The highest BCUT2D eigenvalue weighted by Gasteiger charge is 2.19. The van der Waals surface area contributed by atoms with Crippen LogP contribution in [0.3, 0.4) is 0 Å². The largest absolute Gasteiger partial charge is 0.451 e. The molecule has 2 rings (SSSR count). The Morgan fingerprint density at radius 2 is 2.12 bits per heavy atom. The Hall–Kier alpha value is -2.61. The Morgan fingerprint density at radius 3 is 2.75 bits per heavy atom. The van der Waals surface area contributed by atoms with Gasteiger partial charge in [-0.1, -0.05) is 17.8 Å². The zero-order valence-electron chi connectivity index (χ0n) is 13.0. The van der Waals surface area contributed by atoms with E-state index in [1.165, 1.54) is 48.3 Å². The summed E-state index contributed by atoms with van der Waals surface area (Å²) in [5.41, 5.74) is 0.726. The van der Waals surface area contributed by atoms with Crippen molar-refractivity contribution in [1.29, 1.82) is 0 Å². The predicted octanol–water partition coefficient (Wildman–Crippen LogP) is 2.19. The molecule has 0 atom stereocenters. The van der Waals surface area contributed by atoms with Crippen LogP contribution in [-0.2, 0) is 9.53 Å². The van der Waals surface area contributed by atoms with Gasteiger partial charge < -0.3 is 10.1 Å². The number of ether oxygens (including phenoxy) is 1. The van der Waals surface area contributed by atoms with Gasteiger partial charge in [0.25, 0.3) is 5.91 Å². The number of aromatic nitrogens is 2. The average molecular weight is 349 g/mol. The van der Waals surface area contributed by atoms with Gasteiger partial charge in [-0.05, 0) is 30.5 Å². The van der Waals surface area contributed by atoms with Gasteiger partial charge >= 0.3 is 5.97 Å². The minimum absolute atomic E-state index is 0.155. The van der Waals surface area contributed by atoms with E-state index in [-0.39, 0.29) is 11.5 Å². The fraction of sp³-hybridized carbons (Fsp3) is 0.188. The summed E-state index contributed by atoms with van der Waals surface area (Å²) in [5, 5.41) is 3.05. The van der Waals surface area contributed by atoms with Gasteiger partial charge in [0.2, 0.25) is 0 Å². The molecule has 1 heterocycles. The van der Waals surface area contributed by atoms with E-state index in [1.54, 1.807) is 10.8 Å². The molecule has 24 heavy (non-hydrogen) atoms. The molecular weight excluding hydrogens is 333 g/mol. The molecule has 0 spiro atoms. The SMILES string of the molecule is C=CCNC(=O)COC(=O)c1cnc(SC)n1-c1ccc(F)cc1. The van der Waals surface area contributed by atoms with Gasteiger partial charge in [-0.25, -0.2) is 14.2 Å². The highest BCUT2D eigenvalue weighted by molar-refractivity contribution is 7.98. The number of rotatable bonds is 7. The number of esters is 1. The van der Waals surface area contributed by atoms with Gasteiger partial charge in [0.05, 0.1) is 6.20 Å². The second-order valence-corrected chi connectivity index (χ2v) is 5.38. The van der Waals surface area contributed by atoms with Crippen LogP contribution in [0.2, 0.25) is 0 Å². The molecular formula is C16H16FN3O3S. The quantitative estimate of drug-likeness (QED) is 0.471. The second-order valence-electron chi connectivity index (χ2n) is 4.61. The summed E-state index contributed by atoms with van der Waals surface area (Å²) in [6.07, 6.45) is 4.69. The van der Waals surface area contributed by atoms with Gasteiger partial charge in [0.1, 0.15) is 5.82 Å². The van der Waals surface area contributed by atoms with E-state index in [0.717, 1.165) is 0 Å². The number of hydrogen-bond donors (Lipinski definition) is 1. The lowest BCUT2D eigenvalue weighted by atomic mass is 10.3. The van der Waals surface area contributed by atoms with E-state index in [4.69, 9.17) is 4.74 Å². The maximum Gasteiger partial charge on any atom is 0.357 e. The van der Waals surface area contributed by atoms with Crippen molar-refractivity contribution in [3.05, 3.63) is 54.6 Å². The molecule has 0 radical (unpaired) electrons. The number of amides is 1. The maximum absolute atomic E-state index is 13.1. The van der Waals surface area contributed by atoms with E-state index in [2.05, 4.69) is 16.9 Å². The Balaban J connectivity index is 2.19. The lowest BCUT2D eigenvalue weighted by molar-refractivity contribution is -0.124. The minimum atomic E-state index is -0.694. The summed E-state index contributed by atoms with van der Waals surface area (Å²) in [4.78, 5) is 27.9. The molecule has 1 amide bonds. The molecule has 0 bridgehead atoms. The first-order chi connectivity index (χ1) is 11.6. The van der Waals surface area contributed by atoms with Crippen molar-refractivity contribution in [1.82, 2.24) is 14.9 Å². The summed E-state index contributed by atoms with van der Waals surface area (Å²) in [5.74, 6) is -1.50. The summed E-state index contributed by atoms with van der Waals surface area (Å²) >= 11 is 1.33. The molecule has 8 heteroatoms. The van der Waals surface area contributed by atoms with Crippen LogP contribution >= 0.6 is 11.8 Å². The standard InChI is InChI=1S/C16H16FN3O3S/c1-3-8-18-14(21)10-23-15(22)13-9-19-16(24-2)20(13)12-6-4-11(17)5-7-12/h3-7,9H,1,8,10H2,2H3,(H,18,21). The number of benzene rings is 1. The lowest BCUT2D eigenvalue weighted by Crippen LogP contribution is -2.29. The van der Waals surface area contributed by atoms with Crippen LogP contribution in [-0.4, -0.2) is 40.8 Å². The molecule has 0 aliphatic rings. The predicted molar refractivity (Wildman–Crippen MR) is 88.8 cm³/mol. The van der Waals surface area contributed by atoms with Gasteiger partial charge in [0, 0.05) is 12.2 Å². The van der Waals surface area contributed by atoms with Crippen molar-refractivity contribution in [2.45, 2.75) is 5.16 Å². The van der Waals surface area contributed by atoms with E-state index in [0.29, 0.717) is 17.4 Å². The van der Waals surface area contributed by atoms with Crippen molar-refractivity contribution in [2.75, 3.05) is 19.4 Å². The lowest BCUT2D eigenvalue weighted by Gasteiger charge is -2.10. The van der Waals surface area contributed by atoms with Crippen LogP contribution in [0.1, 0.15) is 10.5 Å². The molecule has 6 nitrogen and oxygen atoms in total. The van der Waals surface area contributed by atoms with Gasteiger partial charge in [-0.15, -0.1) is 6.58 Å². The molecule has 0 unspecified atom stereocenters. The summed E-state index contributed by atoms with van der Waals surface area (Å²) in [6.45, 7) is 3.36. The number of nitrogens with one attached hydrogen (secondary N) is 1. The Kier molecular flexibility index (Phi) is 6.14. The highest BCUT2D eigenvalue weighted by atomic mass is 32.2. The van der Waals surface area contributed by atoms with Crippen LogP contribution in [0.25, 0.3) is 5.69 Å². The number of imidazole rings is 1. The molecule has 1 N–H and O–H groups in total. The Morgan fingerprint density at radius 1 is 1.42 bits per heavy atom. The third-order valence-electron chi connectivity index (χ3n) is 2.98. The van der Waals surface area contributed by atoms with Crippen LogP contribution in [0.4, 0.5) is 4.39 Å². The van der Waals surface area contributed by atoms with E-state index in [9.17, 15) is 14.0 Å². The Labute approximate surface area is 142 Å². The monoisotopic (exact) mass is 349 g/mol. The molecule has 0 saturated carbocycles. The molecule has 0 aliphatic heterocycles. The van der Waals surface area contributed by atoms with Crippen LogP contribution < -0.4 is 5.32 Å². The van der Waals surface area contributed by atoms with E-state index in [1.807, 2.05) is 0 Å². The first-order valence-corrected chi connectivity index (χ1v) is 8.21. The van der Waals surface area contributed by atoms with Gasteiger partial charge in [0.15, 0.2) is 17.5 Å². The number of halogens is 1. The average Bonchev–Trinajstić information content (AvgIpc) is 3.02. The van der Waals surface area contributed by atoms with Gasteiger partial charge in [-0.3, -0.25) is 9.36 Å². The first-order valence-electron chi connectivity index (χ1n) is 6.99. The Bertz CT molecular complexity index is 744. The third-order valence-corrected chi connectivity index (χ3v) is 3.64. The zero-order valence-corrected chi connectivity index (χ0v) is 13.8. The zero-order chi connectivity index (χ0) is 17.5. The van der Waals surface area contributed by atoms with Crippen molar-refractivity contribution in [3.8, 4) is 5.69 Å². The summed E-state index contributed by atoms with van der Waals surface area (Å²) < 4.78 is 19.7. The second kappa shape index (κ2) is 8.30. The summed E-state index contributed by atoms with van der Waals surface area (Å²) in [6, 6.07) is 5.64. The fourth-order valence-corrected chi connectivity index (χ4v) is 2.45. The van der Waals surface area contributed by atoms with Gasteiger partial charge in [-0.2, -0.15) is 0 Å². The van der Waals surface area contributed by atoms with Crippen LogP contribution in [0.5, 0.6) is 0 Å². The number of hydrogen-bond acceptors (Lipinski definition) is 5. The first kappa shape index (κ1) is 17.7. The number of carbonyl (C=O) groups excluding carboxylic acids is 2. The molecule has 0 aliphatic carbocycles. The van der Waals surface area contributed by atoms with Crippen molar-refractivity contribution in [3.63, 3.8) is 0 Å². The van der Waals surface area contributed by atoms with Crippen molar-refractivity contribution in [2.24, 2.45) is 0 Å².